The molecule has 2 aliphatic heterocycles. The summed E-state index contributed by atoms with van der Waals surface area (Å²) in [5.41, 5.74) is 1.94. The Morgan fingerprint density at radius 3 is 2.56 bits per heavy atom. The molecule has 0 radical (unpaired) electrons. The van der Waals surface area contributed by atoms with Crippen LogP contribution in [0.3, 0.4) is 0 Å². The molecule has 0 bridgehead atoms. The number of alkyl halides is 2. The van der Waals surface area contributed by atoms with Gasteiger partial charge < -0.3 is 9.64 Å². The maximum Gasteiger partial charge on any atom is 0.248 e. The van der Waals surface area contributed by atoms with Gasteiger partial charge in [0.2, 0.25) is 21.9 Å². The van der Waals surface area contributed by atoms with E-state index >= 15 is 0 Å². The molecule has 10 heteroatoms. The molecule has 0 unspecified atom stereocenters. The van der Waals surface area contributed by atoms with Crippen LogP contribution in [0.4, 0.5) is 8.78 Å². The molecule has 194 valence electrons. The third-order valence-electron chi connectivity index (χ3n) is 7.43. The molecular formula is C26H29ClF2N2O4S. The highest BCUT2D eigenvalue weighted by atomic mass is 35.5. The van der Waals surface area contributed by atoms with Gasteiger partial charge in [-0.25, -0.2) is 17.2 Å². The van der Waals surface area contributed by atoms with Gasteiger partial charge in [-0.05, 0) is 67.1 Å². The zero-order valence-electron chi connectivity index (χ0n) is 19.8. The molecule has 3 aliphatic rings. The molecule has 5 rings (SSSR count). The van der Waals surface area contributed by atoms with Crippen LogP contribution >= 0.6 is 11.6 Å². The minimum Gasteiger partial charge on any atom is -0.493 e. The van der Waals surface area contributed by atoms with E-state index in [0.717, 1.165) is 23.3 Å². The highest BCUT2D eigenvalue weighted by Crippen LogP contribution is 2.37. The fourth-order valence-corrected chi connectivity index (χ4v) is 7.21. The summed E-state index contributed by atoms with van der Waals surface area (Å²) in [6.07, 6.45) is 1.55. The van der Waals surface area contributed by atoms with E-state index in [9.17, 15) is 22.0 Å². The standard InChI is InChI=1S/C26H29ClF2N2O4S/c27-20-5-7-22(8-6-20)36(33,34)31-14-1-2-23(31)25(32)30(21-9-12-26(28,29)13-10-21)17-18-3-4-19-11-15-35-24(19)16-18/h3-8,16,21,23H,1-2,9-15,17H2/t23-/m0/s1. The van der Waals surface area contributed by atoms with Crippen molar-refractivity contribution in [2.75, 3.05) is 13.2 Å². The molecule has 36 heavy (non-hydrogen) atoms. The predicted molar refractivity (Wildman–Crippen MR) is 132 cm³/mol. The van der Waals surface area contributed by atoms with Crippen LogP contribution in [0.15, 0.2) is 47.4 Å². The minimum absolute atomic E-state index is 0.0752. The summed E-state index contributed by atoms with van der Waals surface area (Å²) in [5, 5.41) is 0.418. The lowest BCUT2D eigenvalue weighted by Gasteiger charge is -2.39. The molecule has 1 aliphatic carbocycles. The van der Waals surface area contributed by atoms with Crippen molar-refractivity contribution in [1.29, 1.82) is 0 Å². The lowest BCUT2D eigenvalue weighted by molar-refractivity contribution is -0.141. The number of rotatable bonds is 6. The number of fused-ring (bicyclic) bond motifs is 1. The largest absolute Gasteiger partial charge is 0.493 e. The van der Waals surface area contributed by atoms with Crippen LogP contribution < -0.4 is 4.74 Å². The molecule has 2 heterocycles. The second-order valence-corrected chi connectivity index (χ2v) is 12.1. The number of halogens is 3. The summed E-state index contributed by atoms with van der Waals surface area (Å²) in [4.78, 5) is 15.7. The summed E-state index contributed by atoms with van der Waals surface area (Å²) in [7, 11) is -3.93. The monoisotopic (exact) mass is 538 g/mol. The number of benzene rings is 2. The lowest BCUT2D eigenvalue weighted by atomic mass is 9.90. The molecule has 1 saturated carbocycles. The van der Waals surface area contributed by atoms with Crippen LogP contribution in [-0.4, -0.2) is 54.7 Å². The van der Waals surface area contributed by atoms with Crippen molar-refractivity contribution in [3.05, 3.63) is 58.6 Å². The molecule has 0 spiro atoms. The van der Waals surface area contributed by atoms with E-state index in [1.807, 2.05) is 18.2 Å². The summed E-state index contributed by atoms with van der Waals surface area (Å²) >= 11 is 5.93. The van der Waals surface area contributed by atoms with Gasteiger partial charge in [-0.2, -0.15) is 4.31 Å². The number of nitrogens with zero attached hydrogens (tertiary/aromatic N) is 2. The third kappa shape index (κ3) is 5.10. The number of hydrogen-bond acceptors (Lipinski definition) is 4. The van der Waals surface area contributed by atoms with Gasteiger partial charge in [-0.15, -0.1) is 0 Å². The second-order valence-electron chi connectivity index (χ2n) is 9.82. The average molecular weight is 539 g/mol. The fourth-order valence-electron chi connectivity index (χ4n) is 5.44. The van der Waals surface area contributed by atoms with Gasteiger partial charge in [-0.3, -0.25) is 4.79 Å². The Bertz CT molecular complexity index is 1230. The van der Waals surface area contributed by atoms with Gasteiger partial charge in [0.25, 0.3) is 0 Å². The molecule has 1 amide bonds. The Morgan fingerprint density at radius 1 is 1.11 bits per heavy atom. The van der Waals surface area contributed by atoms with Crippen LogP contribution in [0, 0.1) is 0 Å². The summed E-state index contributed by atoms with van der Waals surface area (Å²) in [5.74, 6) is -2.28. The van der Waals surface area contributed by atoms with Gasteiger partial charge in [0, 0.05) is 43.4 Å². The van der Waals surface area contributed by atoms with E-state index in [2.05, 4.69) is 0 Å². The normalized spacial score (nSPS) is 22.2. The highest BCUT2D eigenvalue weighted by Gasteiger charge is 2.44. The van der Waals surface area contributed by atoms with Gasteiger partial charge in [0.15, 0.2) is 0 Å². The van der Waals surface area contributed by atoms with E-state index in [1.54, 1.807) is 4.90 Å². The Hall–Kier alpha value is -2.23. The third-order valence-corrected chi connectivity index (χ3v) is 9.61. The Kier molecular flexibility index (Phi) is 7.00. The minimum atomic E-state index is -3.93. The maximum absolute atomic E-state index is 14.0. The first kappa shape index (κ1) is 25.4. The SMILES string of the molecule is O=C([C@@H]1CCCN1S(=O)(=O)c1ccc(Cl)cc1)N(Cc1ccc2c(c1)OCC2)C1CCC(F)(F)CC1. The first-order valence-corrected chi connectivity index (χ1v) is 14.2. The van der Waals surface area contributed by atoms with Crippen molar-refractivity contribution < 1.29 is 26.7 Å². The van der Waals surface area contributed by atoms with Gasteiger partial charge in [-0.1, -0.05) is 23.7 Å². The Balaban J connectivity index is 1.42. The van der Waals surface area contributed by atoms with Crippen molar-refractivity contribution in [2.24, 2.45) is 0 Å². The van der Waals surface area contributed by atoms with Crippen LogP contribution in [0.25, 0.3) is 0 Å². The van der Waals surface area contributed by atoms with Crippen molar-refractivity contribution in [2.45, 2.75) is 74.4 Å². The first-order valence-electron chi connectivity index (χ1n) is 12.3. The topological polar surface area (TPSA) is 66.9 Å². The number of sulfonamides is 1. The van der Waals surface area contributed by atoms with Crippen LogP contribution in [0.1, 0.15) is 49.7 Å². The quantitative estimate of drug-likeness (QED) is 0.517. The van der Waals surface area contributed by atoms with Crippen LogP contribution in [0.2, 0.25) is 5.02 Å². The summed E-state index contributed by atoms with van der Waals surface area (Å²) in [6, 6.07) is 10.4. The Morgan fingerprint density at radius 2 is 1.83 bits per heavy atom. The second kappa shape index (κ2) is 9.91. The number of hydrogen-bond donors (Lipinski definition) is 0. The van der Waals surface area contributed by atoms with E-state index < -0.39 is 22.0 Å². The summed E-state index contributed by atoms with van der Waals surface area (Å²) < 4.78 is 61.7. The number of carbonyl (C=O) groups is 1. The zero-order chi connectivity index (χ0) is 25.5. The Labute approximate surface area is 215 Å². The highest BCUT2D eigenvalue weighted by molar-refractivity contribution is 7.89. The molecule has 2 aromatic rings. The first-order chi connectivity index (χ1) is 17.1. The van der Waals surface area contributed by atoms with E-state index in [-0.39, 0.29) is 55.6 Å². The molecule has 6 nitrogen and oxygen atoms in total. The van der Waals surface area contributed by atoms with Gasteiger partial charge in [0.05, 0.1) is 11.5 Å². The molecule has 0 aromatic heterocycles. The number of amides is 1. The van der Waals surface area contributed by atoms with E-state index in [4.69, 9.17) is 16.3 Å². The predicted octanol–water partition coefficient (Wildman–Crippen LogP) is 5.03. The van der Waals surface area contributed by atoms with Crippen LogP contribution in [-0.2, 0) is 27.8 Å². The van der Waals surface area contributed by atoms with Crippen molar-refractivity contribution in [1.82, 2.24) is 9.21 Å². The molecule has 1 saturated heterocycles. The molecule has 1 atom stereocenters. The van der Waals surface area contributed by atoms with E-state index in [1.165, 1.54) is 28.6 Å². The maximum atomic E-state index is 14.0. The molecular weight excluding hydrogens is 510 g/mol. The van der Waals surface area contributed by atoms with E-state index in [0.29, 0.717) is 24.5 Å². The molecule has 2 aromatic carbocycles. The fraction of sp³-hybridized carbons (Fsp3) is 0.500. The number of ether oxygens (including phenoxy) is 1. The van der Waals surface area contributed by atoms with Gasteiger partial charge in [0.1, 0.15) is 11.8 Å². The molecule has 0 N–H and O–H groups in total. The number of carbonyl (C=O) groups excluding carboxylic acids is 1. The van der Waals surface area contributed by atoms with Crippen molar-refractivity contribution >= 4 is 27.5 Å². The molecule has 2 fully saturated rings. The smallest absolute Gasteiger partial charge is 0.248 e. The average Bonchev–Trinajstić information content (AvgIpc) is 3.52. The van der Waals surface area contributed by atoms with Gasteiger partial charge >= 0.3 is 0 Å². The lowest BCUT2D eigenvalue weighted by Crippen LogP contribution is -2.52. The van der Waals surface area contributed by atoms with Crippen molar-refractivity contribution in [3.63, 3.8) is 0 Å². The van der Waals surface area contributed by atoms with Crippen LogP contribution in [0.5, 0.6) is 5.75 Å². The summed E-state index contributed by atoms with van der Waals surface area (Å²) in [6.45, 7) is 1.06. The zero-order valence-corrected chi connectivity index (χ0v) is 21.4. The van der Waals surface area contributed by atoms with Crippen molar-refractivity contribution in [3.8, 4) is 5.75 Å².